The van der Waals surface area contributed by atoms with E-state index in [0.717, 1.165) is 24.4 Å². The molecule has 0 bridgehead atoms. The number of hydrogen-bond donors (Lipinski definition) is 1. The highest BCUT2D eigenvalue weighted by atomic mass is 79.9. The van der Waals surface area contributed by atoms with Crippen molar-refractivity contribution in [2.75, 3.05) is 13.1 Å². The van der Waals surface area contributed by atoms with Gasteiger partial charge in [-0.2, -0.15) is 0 Å². The summed E-state index contributed by atoms with van der Waals surface area (Å²) < 4.78 is 1.25. The summed E-state index contributed by atoms with van der Waals surface area (Å²) in [6.45, 7) is 8.13. The molecule has 1 heterocycles. The molecule has 3 unspecified atom stereocenters. The van der Waals surface area contributed by atoms with Crippen LogP contribution in [0.2, 0.25) is 0 Å². The molecular formula is C18H27BrN2. The maximum atomic E-state index is 3.82. The number of rotatable bonds is 5. The van der Waals surface area contributed by atoms with Gasteiger partial charge in [0.1, 0.15) is 0 Å². The van der Waals surface area contributed by atoms with E-state index in [2.05, 4.69) is 64.3 Å². The van der Waals surface area contributed by atoms with E-state index >= 15 is 0 Å². The second kappa shape index (κ2) is 6.80. The molecule has 3 rings (SSSR count). The summed E-state index contributed by atoms with van der Waals surface area (Å²) in [6.07, 6.45) is 4.11. The monoisotopic (exact) mass is 350 g/mol. The Labute approximate surface area is 137 Å². The fraction of sp³-hybridized carbons (Fsp3) is 0.667. The number of benzene rings is 1. The molecule has 1 N–H and O–H groups in total. The van der Waals surface area contributed by atoms with Crippen LogP contribution in [0.1, 0.15) is 38.7 Å². The maximum Gasteiger partial charge on any atom is 0.0253 e. The lowest BCUT2D eigenvalue weighted by molar-refractivity contribution is 0.0889. The average molecular weight is 351 g/mol. The average Bonchev–Trinajstić information content (AvgIpc) is 3.33. The van der Waals surface area contributed by atoms with E-state index in [1.54, 1.807) is 0 Å². The Balaban J connectivity index is 1.72. The molecule has 1 saturated carbocycles. The van der Waals surface area contributed by atoms with E-state index in [9.17, 15) is 0 Å². The molecule has 0 aromatic heterocycles. The second-order valence-electron chi connectivity index (χ2n) is 6.83. The van der Waals surface area contributed by atoms with Gasteiger partial charge in [-0.05, 0) is 36.3 Å². The molecule has 116 valence electrons. The quantitative estimate of drug-likeness (QED) is 0.861. The summed E-state index contributed by atoms with van der Waals surface area (Å²) in [6, 6.07) is 10.1. The van der Waals surface area contributed by atoms with E-state index in [0.29, 0.717) is 6.04 Å². The van der Waals surface area contributed by atoms with Crippen LogP contribution in [0.5, 0.6) is 0 Å². The van der Waals surface area contributed by atoms with Crippen LogP contribution in [-0.2, 0) is 6.54 Å². The van der Waals surface area contributed by atoms with E-state index in [1.165, 1.54) is 42.4 Å². The first-order valence-electron chi connectivity index (χ1n) is 8.40. The highest BCUT2D eigenvalue weighted by Crippen LogP contribution is 2.37. The Morgan fingerprint density at radius 3 is 2.76 bits per heavy atom. The lowest BCUT2D eigenvalue weighted by Crippen LogP contribution is -2.58. The van der Waals surface area contributed by atoms with Crippen LogP contribution < -0.4 is 5.32 Å². The van der Waals surface area contributed by atoms with Crippen molar-refractivity contribution in [3.8, 4) is 0 Å². The van der Waals surface area contributed by atoms with Gasteiger partial charge in [-0.15, -0.1) is 0 Å². The fourth-order valence-corrected chi connectivity index (χ4v) is 3.90. The van der Waals surface area contributed by atoms with Gasteiger partial charge >= 0.3 is 0 Å². The van der Waals surface area contributed by atoms with Gasteiger partial charge in [-0.3, -0.25) is 4.90 Å². The smallest absolute Gasteiger partial charge is 0.0253 e. The molecule has 1 aromatic rings. The minimum absolute atomic E-state index is 0.646. The first kappa shape index (κ1) is 15.5. The number of piperazine rings is 1. The van der Waals surface area contributed by atoms with Crippen LogP contribution in [0.15, 0.2) is 28.7 Å². The van der Waals surface area contributed by atoms with Crippen LogP contribution >= 0.6 is 15.9 Å². The Hall–Kier alpha value is -0.380. The van der Waals surface area contributed by atoms with Gasteiger partial charge in [0.05, 0.1) is 0 Å². The Morgan fingerprint density at radius 2 is 2.10 bits per heavy atom. The van der Waals surface area contributed by atoms with Crippen molar-refractivity contribution < 1.29 is 0 Å². The van der Waals surface area contributed by atoms with Crippen molar-refractivity contribution in [2.45, 2.75) is 51.7 Å². The van der Waals surface area contributed by atoms with Gasteiger partial charge in [0.15, 0.2) is 0 Å². The predicted molar refractivity (Wildman–Crippen MR) is 92.3 cm³/mol. The minimum atomic E-state index is 0.646. The summed E-state index contributed by atoms with van der Waals surface area (Å²) >= 11 is 3.71. The van der Waals surface area contributed by atoms with Crippen molar-refractivity contribution >= 4 is 15.9 Å². The third-order valence-corrected chi connectivity index (χ3v) is 6.09. The molecule has 3 heteroatoms. The normalized spacial score (nSPS) is 28.5. The van der Waals surface area contributed by atoms with Crippen LogP contribution in [-0.4, -0.2) is 30.1 Å². The molecule has 2 nitrogen and oxygen atoms in total. The summed E-state index contributed by atoms with van der Waals surface area (Å²) in [5.74, 6) is 1.68. The van der Waals surface area contributed by atoms with Crippen molar-refractivity contribution in [3.05, 3.63) is 34.3 Å². The van der Waals surface area contributed by atoms with Crippen LogP contribution in [0.25, 0.3) is 0 Å². The maximum absolute atomic E-state index is 3.82. The number of halogens is 1. The van der Waals surface area contributed by atoms with Crippen molar-refractivity contribution in [3.63, 3.8) is 0 Å². The molecule has 0 spiro atoms. The lowest BCUT2D eigenvalue weighted by Gasteiger charge is -2.43. The summed E-state index contributed by atoms with van der Waals surface area (Å²) in [5, 5.41) is 3.82. The Morgan fingerprint density at radius 1 is 1.33 bits per heavy atom. The van der Waals surface area contributed by atoms with E-state index in [1.807, 2.05) is 0 Å². The van der Waals surface area contributed by atoms with Gasteiger partial charge in [0, 0.05) is 36.2 Å². The molecule has 21 heavy (non-hydrogen) atoms. The zero-order valence-electron chi connectivity index (χ0n) is 13.2. The SMILES string of the molecule is CCC(C)C1CN(Cc2ccccc2Br)C(C2CC2)CN1. The molecule has 3 atom stereocenters. The van der Waals surface area contributed by atoms with Crippen molar-refractivity contribution in [1.29, 1.82) is 0 Å². The first-order chi connectivity index (χ1) is 10.2. The largest absolute Gasteiger partial charge is 0.311 e. The second-order valence-corrected chi connectivity index (χ2v) is 7.68. The summed E-state index contributed by atoms with van der Waals surface area (Å²) in [7, 11) is 0. The molecule has 1 aromatic carbocycles. The third-order valence-electron chi connectivity index (χ3n) is 5.32. The number of nitrogens with one attached hydrogen (secondary N) is 1. The van der Waals surface area contributed by atoms with Gasteiger partial charge in [0.2, 0.25) is 0 Å². The highest BCUT2D eigenvalue weighted by molar-refractivity contribution is 9.10. The lowest BCUT2D eigenvalue weighted by atomic mass is 9.94. The van der Waals surface area contributed by atoms with Crippen molar-refractivity contribution in [1.82, 2.24) is 10.2 Å². The fourth-order valence-electron chi connectivity index (χ4n) is 3.49. The molecule has 1 aliphatic carbocycles. The van der Waals surface area contributed by atoms with E-state index in [4.69, 9.17) is 0 Å². The van der Waals surface area contributed by atoms with Gasteiger partial charge < -0.3 is 5.32 Å². The predicted octanol–water partition coefficient (Wildman–Crippen LogP) is 4.05. The molecule has 0 radical (unpaired) electrons. The summed E-state index contributed by atoms with van der Waals surface area (Å²) in [5.41, 5.74) is 1.42. The van der Waals surface area contributed by atoms with Crippen LogP contribution in [0.3, 0.4) is 0 Å². The van der Waals surface area contributed by atoms with Gasteiger partial charge in [-0.1, -0.05) is 54.4 Å². The van der Waals surface area contributed by atoms with Crippen molar-refractivity contribution in [2.24, 2.45) is 11.8 Å². The molecule has 2 aliphatic rings. The van der Waals surface area contributed by atoms with Gasteiger partial charge in [0.25, 0.3) is 0 Å². The molecule has 1 aliphatic heterocycles. The minimum Gasteiger partial charge on any atom is -0.311 e. The third kappa shape index (κ3) is 3.69. The van der Waals surface area contributed by atoms with Crippen LogP contribution in [0, 0.1) is 11.8 Å². The Kier molecular flexibility index (Phi) is 5.03. The number of nitrogens with zero attached hydrogens (tertiary/aromatic N) is 1. The molecular weight excluding hydrogens is 324 g/mol. The zero-order chi connectivity index (χ0) is 14.8. The highest BCUT2D eigenvalue weighted by Gasteiger charge is 2.39. The standard InChI is InChI=1S/C18H27BrN2/c1-3-13(2)17-12-21(18(10-20-17)14-8-9-14)11-15-6-4-5-7-16(15)19/h4-7,13-14,17-18,20H,3,8-12H2,1-2H3. The number of hydrogen-bond acceptors (Lipinski definition) is 2. The topological polar surface area (TPSA) is 15.3 Å². The summed E-state index contributed by atoms with van der Waals surface area (Å²) in [4.78, 5) is 2.74. The molecule has 2 fully saturated rings. The molecule has 1 saturated heterocycles. The zero-order valence-corrected chi connectivity index (χ0v) is 14.8. The Bertz CT molecular complexity index is 472. The van der Waals surface area contributed by atoms with E-state index in [-0.39, 0.29) is 0 Å². The van der Waals surface area contributed by atoms with Gasteiger partial charge in [-0.25, -0.2) is 0 Å². The first-order valence-corrected chi connectivity index (χ1v) is 9.19. The van der Waals surface area contributed by atoms with E-state index < -0.39 is 0 Å². The van der Waals surface area contributed by atoms with Crippen LogP contribution in [0.4, 0.5) is 0 Å². The molecule has 0 amide bonds.